The molecular formula is C5H8S. The van der Waals surface area contributed by atoms with Crippen molar-refractivity contribution in [3.8, 4) is 0 Å². The van der Waals surface area contributed by atoms with Gasteiger partial charge in [0.05, 0.1) is 0 Å². The molecule has 0 aromatic heterocycles. The molecule has 0 N–H and O–H groups in total. The summed E-state index contributed by atoms with van der Waals surface area (Å²) >= 11 is 1.97. The molecule has 0 unspecified atom stereocenters. The van der Waals surface area contributed by atoms with Crippen molar-refractivity contribution in [1.29, 1.82) is 0 Å². The normalized spacial score (nSPS) is 27.2. The molecule has 0 aliphatic carbocycles. The van der Waals surface area contributed by atoms with Gasteiger partial charge in [0.25, 0.3) is 0 Å². The molecule has 0 amide bonds. The highest BCUT2D eigenvalue weighted by atomic mass is 32.2. The highest BCUT2D eigenvalue weighted by Crippen LogP contribution is 2.31. The van der Waals surface area contributed by atoms with E-state index in [4.69, 9.17) is 0 Å². The van der Waals surface area contributed by atoms with Crippen molar-refractivity contribution in [3.63, 3.8) is 0 Å². The van der Waals surface area contributed by atoms with Crippen LogP contribution in [0.5, 0.6) is 0 Å². The monoisotopic (exact) mass is 100 g/mol. The summed E-state index contributed by atoms with van der Waals surface area (Å²) in [4.78, 5) is 1.56. The predicted molar refractivity (Wildman–Crippen MR) is 30.8 cm³/mol. The van der Waals surface area contributed by atoms with Gasteiger partial charge in [-0.05, 0) is 18.2 Å². The Kier molecular flexibility index (Phi) is 1.20. The molecule has 1 rings (SSSR count). The predicted octanol–water partition coefficient (Wildman–Crippen LogP) is 2.03. The average molecular weight is 100 g/mol. The van der Waals surface area contributed by atoms with Crippen molar-refractivity contribution < 1.29 is 0 Å². The van der Waals surface area contributed by atoms with Crippen LogP contribution >= 0.6 is 11.8 Å². The summed E-state index contributed by atoms with van der Waals surface area (Å²) in [6.07, 6.45) is 3.52. The van der Waals surface area contributed by atoms with Crippen LogP contribution in [0.1, 0.15) is 13.3 Å². The van der Waals surface area contributed by atoms with Gasteiger partial charge in [0, 0.05) is 5.75 Å². The summed E-state index contributed by atoms with van der Waals surface area (Å²) in [7, 11) is 0. The van der Waals surface area contributed by atoms with E-state index < -0.39 is 0 Å². The smallest absolute Gasteiger partial charge is 0.00221 e. The Hall–Kier alpha value is 0.0900. The van der Waals surface area contributed by atoms with Crippen molar-refractivity contribution in [1.82, 2.24) is 0 Å². The number of rotatable bonds is 0. The molecule has 1 heterocycles. The van der Waals surface area contributed by atoms with Crippen LogP contribution in [0.3, 0.4) is 0 Å². The van der Waals surface area contributed by atoms with E-state index in [1.807, 2.05) is 11.8 Å². The van der Waals surface area contributed by atoms with Crippen molar-refractivity contribution in [3.05, 3.63) is 11.0 Å². The summed E-state index contributed by atoms with van der Waals surface area (Å²) in [5.74, 6) is 1.35. The summed E-state index contributed by atoms with van der Waals surface area (Å²) in [6.45, 7) is 2.10. The van der Waals surface area contributed by atoms with Gasteiger partial charge in [0.2, 0.25) is 0 Å². The zero-order valence-electron chi connectivity index (χ0n) is 3.90. The zero-order chi connectivity index (χ0) is 4.41. The van der Waals surface area contributed by atoms with Crippen molar-refractivity contribution in [2.24, 2.45) is 0 Å². The Labute approximate surface area is 42.6 Å². The standard InChI is InChI=1S/C5H8S/c1-2-5-3-4-6-5/h2H,3-4H2,1H3. The van der Waals surface area contributed by atoms with E-state index in [0.717, 1.165) is 0 Å². The summed E-state index contributed by atoms with van der Waals surface area (Å²) in [5.41, 5.74) is 0. The Morgan fingerprint density at radius 2 is 2.50 bits per heavy atom. The second-order valence-electron chi connectivity index (χ2n) is 1.35. The quantitative estimate of drug-likeness (QED) is 0.449. The molecule has 1 aliphatic rings. The molecule has 1 saturated heterocycles. The van der Waals surface area contributed by atoms with Crippen LogP contribution in [0.2, 0.25) is 0 Å². The molecule has 1 heteroatoms. The van der Waals surface area contributed by atoms with Crippen LogP contribution in [0.25, 0.3) is 0 Å². The molecule has 0 spiro atoms. The van der Waals surface area contributed by atoms with Crippen molar-refractivity contribution in [2.45, 2.75) is 13.3 Å². The summed E-state index contributed by atoms with van der Waals surface area (Å²) < 4.78 is 0. The van der Waals surface area contributed by atoms with Gasteiger partial charge in [-0.25, -0.2) is 0 Å². The topological polar surface area (TPSA) is 0 Å². The molecule has 34 valence electrons. The Balaban J connectivity index is 2.34. The molecule has 0 nitrogen and oxygen atoms in total. The first-order chi connectivity index (χ1) is 2.93. The second kappa shape index (κ2) is 1.69. The van der Waals surface area contributed by atoms with Gasteiger partial charge in [0.15, 0.2) is 0 Å². The second-order valence-corrected chi connectivity index (χ2v) is 2.57. The fourth-order valence-electron chi connectivity index (χ4n) is 0.448. The SMILES string of the molecule is CC=C1CCS1. The molecular weight excluding hydrogens is 92.1 g/mol. The highest BCUT2D eigenvalue weighted by molar-refractivity contribution is 8.04. The van der Waals surface area contributed by atoms with Crippen molar-refractivity contribution >= 4 is 11.8 Å². The van der Waals surface area contributed by atoms with Gasteiger partial charge in [-0.1, -0.05) is 6.08 Å². The van der Waals surface area contributed by atoms with Gasteiger partial charge >= 0.3 is 0 Å². The molecule has 6 heavy (non-hydrogen) atoms. The van der Waals surface area contributed by atoms with E-state index in [0.29, 0.717) is 0 Å². The van der Waals surface area contributed by atoms with Crippen LogP contribution in [-0.2, 0) is 0 Å². The van der Waals surface area contributed by atoms with E-state index in [1.165, 1.54) is 12.2 Å². The molecule has 0 saturated carbocycles. The fraction of sp³-hybridized carbons (Fsp3) is 0.600. The first-order valence-corrected chi connectivity index (χ1v) is 3.20. The first-order valence-electron chi connectivity index (χ1n) is 2.21. The third-order valence-corrected chi connectivity index (χ3v) is 2.18. The first kappa shape index (κ1) is 4.25. The van der Waals surface area contributed by atoms with E-state index in [-0.39, 0.29) is 0 Å². The lowest BCUT2D eigenvalue weighted by molar-refractivity contribution is 1.16. The Morgan fingerprint density at radius 1 is 1.83 bits per heavy atom. The lowest BCUT2D eigenvalue weighted by atomic mass is 10.4. The lowest BCUT2D eigenvalue weighted by Crippen LogP contribution is -1.92. The van der Waals surface area contributed by atoms with Crippen LogP contribution in [0, 0.1) is 0 Å². The molecule has 0 aromatic rings. The summed E-state index contributed by atoms with van der Waals surface area (Å²) in [5, 5.41) is 0. The number of allylic oxidation sites excluding steroid dienone is 2. The van der Waals surface area contributed by atoms with E-state index >= 15 is 0 Å². The number of hydrogen-bond donors (Lipinski definition) is 0. The van der Waals surface area contributed by atoms with Crippen LogP contribution in [0.15, 0.2) is 11.0 Å². The molecule has 0 aromatic carbocycles. The molecule has 0 bridgehead atoms. The number of hydrogen-bond acceptors (Lipinski definition) is 1. The Bertz CT molecular complexity index is 68.0. The number of thioether (sulfide) groups is 1. The van der Waals surface area contributed by atoms with E-state index in [9.17, 15) is 0 Å². The van der Waals surface area contributed by atoms with E-state index in [2.05, 4.69) is 13.0 Å². The minimum atomic E-state index is 1.33. The van der Waals surface area contributed by atoms with Gasteiger partial charge < -0.3 is 0 Å². The largest absolute Gasteiger partial charge is 0.131 e. The van der Waals surface area contributed by atoms with Crippen LogP contribution in [0.4, 0.5) is 0 Å². The van der Waals surface area contributed by atoms with Gasteiger partial charge in [-0.2, -0.15) is 0 Å². The van der Waals surface area contributed by atoms with Gasteiger partial charge in [-0.15, -0.1) is 11.8 Å². The third-order valence-electron chi connectivity index (χ3n) is 0.958. The van der Waals surface area contributed by atoms with Crippen molar-refractivity contribution in [2.75, 3.05) is 5.75 Å². The molecule has 1 fully saturated rings. The Morgan fingerprint density at radius 3 is 2.50 bits per heavy atom. The maximum absolute atomic E-state index is 2.19. The van der Waals surface area contributed by atoms with Crippen LogP contribution in [-0.4, -0.2) is 5.75 Å². The zero-order valence-corrected chi connectivity index (χ0v) is 4.72. The molecule has 0 atom stereocenters. The summed E-state index contributed by atoms with van der Waals surface area (Å²) in [6, 6.07) is 0. The lowest BCUT2D eigenvalue weighted by Gasteiger charge is -2.13. The third kappa shape index (κ3) is 0.597. The van der Waals surface area contributed by atoms with E-state index in [1.54, 1.807) is 4.91 Å². The van der Waals surface area contributed by atoms with Gasteiger partial charge in [0.1, 0.15) is 0 Å². The highest BCUT2D eigenvalue weighted by Gasteiger charge is 2.05. The average Bonchev–Trinajstić information content (AvgIpc) is 1.31. The van der Waals surface area contributed by atoms with Gasteiger partial charge in [-0.3, -0.25) is 0 Å². The maximum Gasteiger partial charge on any atom is 0.00221 e. The minimum Gasteiger partial charge on any atom is -0.131 e. The minimum absolute atomic E-state index is 1.33. The molecule has 1 aliphatic heterocycles. The molecule has 0 radical (unpaired) electrons. The van der Waals surface area contributed by atoms with Crippen LogP contribution < -0.4 is 0 Å². The maximum atomic E-state index is 2.19. The fourth-order valence-corrected chi connectivity index (χ4v) is 1.05.